The SMILES string of the molecule is NC(C=O)c1ccc2c(c1)CSC2. The van der Waals surface area contributed by atoms with Crippen LogP contribution in [0.3, 0.4) is 0 Å². The normalized spacial score (nSPS) is 16.7. The zero-order valence-electron chi connectivity index (χ0n) is 7.19. The summed E-state index contributed by atoms with van der Waals surface area (Å²) >= 11 is 1.90. The molecule has 1 aliphatic rings. The smallest absolute Gasteiger partial charge is 0.141 e. The molecule has 0 aliphatic carbocycles. The molecule has 0 saturated carbocycles. The Balaban J connectivity index is 2.35. The van der Waals surface area contributed by atoms with Crippen LogP contribution in [-0.4, -0.2) is 6.29 Å². The Morgan fingerprint density at radius 2 is 2.15 bits per heavy atom. The monoisotopic (exact) mass is 193 g/mol. The second-order valence-electron chi connectivity index (χ2n) is 3.18. The van der Waals surface area contributed by atoms with Crippen molar-refractivity contribution in [3.05, 3.63) is 34.9 Å². The maximum absolute atomic E-state index is 10.5. The van der Waals surface area contributed by atoms with E-state index in [0.29, 0.717) is 0 Å². The van der Waals surface area contributed by atoms with Crippen molar-refractivity contribution in [2.45, 2.75) is 17.5 Å². The maximum Gasteiger partial charge on any atom is 0.141 e. The predicted molar refractivity (Wildman–Crippen MR) is 54.4 cm³/mol. The van der Waals surface area contributed by atoms with Gasteiger partial charge < -0.3 is 10.5 Å². The Hall–Kier alpha value is -0.800. The van der Waals surface area contributed by atoms with Gasteiger partial charge in [0.05, 0.1) is 6.04 Å². The maximum atomic E-state index is 10.5. The number of fused-ring (bicyclic) bond motifs is 1. The van der Waals surface area contributed by atoms with E-state index in [2.05, 4.69) is 12.1 Å². The van der Waals surface area contributed by atoms with Gasteiger partial charge in [-0.25, -0.2) is 0 Å². The molecule has 1 aliphatic heterocycles. The highest BCUT2D eigenvalue weighted by atomic mass is 32.2. The molecule has 0 amide bonds. The summed E-state index contributed by atoms with van der Waals surface area (Å²) in [6.45, 7) is 0. The molecular weight excluding hydrogens is 182 g/mol. The van der Waals surface area contributed by atoms with Crippen LogP contribution >= 0.6 is 11.8 Å². The highest BCUT2D eigenvalue weighted by Crippen LogP contribution is 2.30. The van der Waals surface area contributed by atoms with E-state index < -0.39 is 6.04 Å². The summed E-state index contributed by atoms with van der Waals surface area (Å²) in [5.41, 5.74) is 9.26. The van der Waals surface area contributed by atoms with Gasteiger partial charge in [-0.1, -0.05) is 18.2 Å². The summed E-state index contributed by atoms with van der Waals surface area (Å²) < 4.78 is 0. The third-order valence-corrected chi connectivity index (χ3v) is 3.31. The number of hydrogen-bond donors (Lipinski definition) is 1. The van der Waals surface area contributed by atoms with Crippen molar-refractivity contribution in [2.24, 2.45) is 5.73 Å². The van der Waals surface area contributed by atoms with Crippen LogP contribution in [0.4, 0.5) is 0 Å². The second-order valence-corrected chi connectivity index (χ2v) is 4.17. The first-order valence-electron chi connectivity index (χ1n) is 4.21. The lowest BCUT2D eigenvalue weighted by atomic mass is 10.0. The van der Waals surface area contributed by atoms with Crippen LogP contribution in [0.1, 0.15) is 22.7 Å². The third-order valence-electron chi connectivity index (χ3n) is 2.28. The quantitative estimate of drug-likeness (QED) is 0.726. The molecule has 2 rings (SSSR count). The molecule has 0 aromatic heterocycles. The van der Waals surface area contributed by atoms with Gasteiger partial charge in [-0.2, -0.15) is 11.8 Å². The van der Waals surface area contributed by atoms with Crippen molar-refractivity contribution in [2.75, 3.05) is 0 Å². The van der Waals surface area contributed by atoms with Crippen LogP contribution in [0.25, 0.3) is 0 Å². The predicted octanol–water partition coefficient (Wildman–Crippen LogP) is 1.63. The molecule has 68 valence electrons. The number of thioether (sulfide) groups is 1. The van der Waals surface area contributed by atoms with Crippen LogP contribution in [-0.2, 0) is 16.3 Å². The summed E-state index contributed by atoms with van der Waals surface area (Å²) in [5, 5.41) is 0. The molecule has 0 saturated heterocycles. The first kappa shape index (κ1) is 8.78. The lowest BCUT2D eigenvalue weighted by Crippen LogP contribution is -2.11. The summed E-state index contributed by atoms with van der Waals surface area (Å²) in [6, 6.07) is 5.61. The van der Waals surface area contributed by atoms with Crippen LogP contribution in [0.15, 0.2) is 18.2 Å². The van der Waals surface area contributed by atoms with Gasteiger partial charge in [0.15, 0.2) is 0 Å². The molecule has 2 nitrogen and oxygen atoms in total. The van der Waals surface area contributed by atoms with E-state index in [0.717, 1.165) is 23.4 Å². The van der Waals surface area contributed by atoms with Crippen molar-refractivity contribution >= 4 is 18.0 Å². The van der Waals surface area contributed by atoms with Gasteiger partial charge in [-0.05, 0) is 16.7 Å². The fraction of sp³-hybridized carbons (Fsp3) is 0.300. The Bertz CT molecular complexity index is 338. The second kappa shape index (κ2) is 3.52. The van der Waals surface area contributed by atoms with Gasteiger partial charge in [0.25, 0.3) is 0 Å². The molecule has 0 spiro atoms. The van der Waals surface area contributed by atoms with Gasteiger partial charge >= 0.3 is 0 Å². The van der Waals surface area contributed by atoms with Crippen molar-refractivity contribution < 1.29 is 4.79 Å². The number of benzene rings is 1. The van der Waals surface area contributed by atoms with Crippen molar-refractivity contribution in [3.8, 4) is 0 Å². The van der Waals surface area contributed by atoms with Crippen molar-refractivity contribution in [1.82, 2.24) is 0 Å². The molecule has 0 radical (unpaired) electrons. The van der Waals surface area contributed by atoms with E-state index in [1.54, 1.807) is 0 Å². The van der Waals surface area contributed by atoms with Gasteiger partial charge in [-0.15, -0.1) is 0 Å². The van der Waals surface area contributed by atoms with Crippen LogP contribution in [0, 0.1) is 0 Å². The summed E-state index contributed by atoms with van der Waals surface area (Å²) in [4.78, 5) is 10.5. The minimum absolute atomic E-state index is 0.462. The molecule has 13 heavy (non-hydrogen) atoms. The average Bonchev–Trinajstić information content (AvgIpc) is 2.63. The van der Waals surface area contributed by atoms with Gasteiger partial charge in [-0.3, -0.25) is 0 Å². The van der Waals surface area contributed by atoms with Crippen LogP contribution in [0.2, 0.25) is 0 Å². The van der Waals surface area contributed by atoms with E-state index in [-0.39, 0.29) is 0 Å². The zero-order valence-corrected chi connectivity index (χ0v) is 8.01. The fourth-order valence-electron chi connectivity index (χ4n) is 1.48. The Kier molecular flexibility index (Phi) is 2.38. The molecule has 1 aromatic carbocycles. The summed E-state index contributed by atoms with van der Waals surface area (Å²) in [5.74, 6) is 2.14. The van der Waals surface area contributed by atoms with Crippen LogP contribution in [0.5, 0.6) is 0 Å². The molecule has 0 fully saturated rings. The molecule has 1 aromatic rings. The third kappa shape index (κ3) is 1.62. The molecule has 1 heterocycles. The fourth-order valence-corrected chi connectivity index (χ4v) is 2.57. The highest BCUT2D eigenvalue weighted by molar-refractivity contribution is 7.98. The Morgan fingerprint density at radius 1 is 1.38 bits per heavy atom. The largest absolute Gasteiger partial charge is 0.318 e. The number of carbonyl (C=O) groups excluding carboxylic acids is 1. The van der Waals surface area contributed by atoms with Crippen molar-refractivity contribution in [1.29, 1.82) is 0 Å². The van der Waals surface area contributed by atoms with Gasteiger partial charge in [0.2, 0.25) is 0 Å². The lowest BCUT2D eigenvalue weighted by molar-refractivity contribution is -0.109. The zero-order chi connectivity index (χ0) is 9.26. The summed E-state index contributed by atoms with van der Waals surface area (Å²) in [6.07, 6.45) is 0.782. The number of rotatable bonds is 2. The highest BCUT2D eigenvalue weighted by Gasteiger charge is 2.13. The number of nitrogens with two attached hydrogens (primary N) is 1. The lowest BCUT2D eigenvalue weighted by Gasteiger charge is -2.06. The molecular formula is C10H11NOS. The average molecular weight is 193 g/mol. The van der Waals surface area contributed by atoms with Gasteiger partial charge in [0.1, 0.15) is 6.29 Å². The van der Waals surface area contributed by atoms with Gasteiger partial charge in [0, 0.05) is 11.5 Å². The van der Waals surface area contributed by atoms with Crippen LogP contribution < -0.4 is 5.73 Å². The Morgan fingerprint density at radius 3 is 2.92 bits per heavy atom. The van der Waals surface area contributed by atoms with E-state index >= 15 is 0 Å². The van der Waals surface area contributed by atoms with E-state index in [9.17, 15) is 4.79 Å². The van der Waals surface area contributed by atoms with E-state index in [1.165, 1.54) is 11.1 Å². The van der Waals surface area contributed by atoms with Crippen molar-refractivity contribution in [3.63, 3.8) is 0 Å². The Labute approximate surface area is 81.5 Å². The van der Waals surface area contributed by atoms with E-state index in [1.807, 2.05) is 17.8 Å². The number of carbonyl (C=O) groups is 1. The first-order valence-corrected chi connectivity index (χ1v) is 5.37. The number of hydrogen-bond acceptors (Lipinski definition) is 3. The molecule has 2 N–H and O–H groups in total. The van der Waals surface area contributed by atoms with E-state index in [4.69, 9.17) is 5.73 Å². The summed E-state index contributed by atoms with van der Waals surface area (Å²) in [7, 11) is 0. The number of aldehydes is 1. The first-order chi connectivity index (χ1) is 6.31. The molecule has 0 bridgehead atoms. The standard InChI is InChI=1S/C10H11NOS/c11-10(4-12)7-1-2-8-5-13-6-9(8)3-7/h1-4,10H,5-6,11H2. The minimum atomic E-state index is -0.462. The molecule has 3 heteroatoms. The minimum Gasteiger partial charge on any atom is -0.318 e. The molecule has 1 atom stereocenters. The molecule has 1 unspecified atom stereocenters. The topological polar surface area (TPSA) is 43.1 Å².